The van der Waals surface area contributed by atoms with E-state index in [-0.39, 0.29) is 12.5 Å². The largest absolute Gasteiger partial charge is 0.456 e. The van der Waals surface area contributed by atoms with E-state index in [1.807, 2.05) is 74.4 Å². The molecule has 0 fully saturated rings. The molecular weight excluding hydrogens is 442 g/mol. The molecule has 0 atom stereocenters. The number of carbonyl (C=O) groups excluding carboxylic acids is 2. The maximum absolute atomic E-state index is 13.3. The van der Waals surface area contributed by atoms with Crippen LogP contribution in [0.2, 0.25) is 0 Å². The van der Waals surface area contributed by atoms with Crippen LogP contribution in [0.3, 0.4) is 0 Å². The van der Waals surface area contributed by atoms with Crippen molar-refractivity contribution in [3.63, 3.8) is 0 Å². The summed E-state index contributed by atoms with van der Waals surface area (Å²) >= 11 is 0. The van der Waals surface area contributed by atoms with Gasteiger partial charge < -0.3 is 24.6 Å². The van der Waals surface area contributed by atoms with Gasteiger partial charge in [-0.05, 0) is 36.4 Å². The molecule has 1 N–H and O–H groups in total. The first-order valence-electron chi connectivity index (χ1n) is 11.2. The standard InChI is InChI=1S/C28H25N3O4/c1-6-13-29-26(32)17-7-10-21-20(14-17)27(33)35-28(21)22-11-8-18(30(2)3)15-24(22)34-25-16-19(31(4)5)9-12-23(25)28/h1,7-12,14-16H,13H2,2-5H3,(H,29,32). The first-order valence-corrected chi connectivity index (χ1v) is 11.2. The number of fused-ring (bicyclic) bond motifs is 6. The Morgan fingerprint density at radius 3 is 2.03 bits per heavy atom. The van der Waals surface area contributed by atoms with Crippen molar-refractivity contribution in [3.8, 4) is 23.8 Å². The van der Waals surface area contributed by atoms with Gasteiger partial charge >= 0.3 is 5.97 Å². The molecule has 3 aromatic carbocycles. The third-order valence-corrected chi connectivity index (χ3v) is 6.42. The molecule has 2 aliphatic heterocycles. The number of terminal acetylenes is 1. The van der Waals surface area contributed by atoms with E-state index in [1.165, 1.54) is 0 Å². The van der Waals surface area contributed by atoms with Gasteiger partial charge in [0.15, 0.2) is 5.60 Å². The van der Waals surface area contributed by atoms with Gasteiger partial charge in [0, 0.05) is 74.0 Å². The molecule has 2 heterocycles. The maximum Gasteiger partial charge on any atom is 0.340 e. The molecule has 1 spiro atoms. The summed E-state index contributed by atoms with van der Waals surface area (Å²) in [6, 6.07) is 16.7. The highest BCUT2D eigenvalue weighted by molar-refractivity contribution is 6.01. The number of benzene rings is 3. The molecule has 0 radical (unpaired) electrons. The Labute approximate surface area is 204 Å². The number of hydrogen-bond acceptors (Lipinski definition) is 6. The molecule has 5 rings (SSSR count). The Morgan fingerprint density at radius 2 is 1.49 bits per heavy atom. The number of hydrogen-bond donors (Lipinski definition) is 1. The summed E-state index contributed by atoms with van der Waals surface area (Å²) in [6.07, 6.45) is 5.25. The topological polar surface area (TPSA) is 71.1 Å². The van der Waals surface area contributed by atoms with Crippen molar-refractivity contribution in [2.24, 2.45) is 0 Å². The Morgan fingerprint density at radius 1 is 0.914 bits per heavy atom. The lowest BCUT2D eigenvalue weighted by Crippen LogP contribution is -2.33. The highest BCUT2D eigenvalue weighted by atomic mass is 16.6. The minimum Gasteiger partial charge on any atom is -0.456 e. The molecule has 176 valence electrons. The third-order valence-electron chi connectivity index (χ3n) is 6.42. The van der Waals surface area contributed by atoms with Gasteiger partial charge in [-0.2, -0.15) is 0 Å². The van der Waals surface area contributed by atoms with Gasteiger partial charge in [0.25, 0.3) is 5.91 Å². The lowest BCUT2D eigenvalue weighted by molar-refractivity contribution is 0.0224. The van der Waals surface area contributed by atoms with Crippen molar-refractivity contribution >= 4 is 23.3 Å². The minimum absolute atomic E-state index is 0.102. The van der Waals surface area contributed by atoms with Crippen LogP contribution in [0.15, 0.2) is 54.6 Å². The number of amides is 1. The van der Waals surface area contributed by atoms with E-state index in [1.54, 1.807) is 18.2 Å². The van der Waals surface area contributed by atoms with E-state index in [4.69, 9.17) is 15.9 Å². The average molecular weight is 468 g/mol. The second-order valence-corrected chi connectivity index (χ2v) is 8.97. The summed E-state index contributed by atoms with van der Waals surface area (Å²) < 4.78 is 12.6. The number of rotatable bonds is 4. The summed E-state index contributed by atoms with van der Waals surface area (Å²) in [7, 11) is 7.82. The number of ether oxygens (including phenoxy) is 2. The van der Waals surface area contributed by atoms with Crippen molar-refractivity contribution in [1.82, 2.24) is 5.32 Å². The fourth-order valence-electron chi connectivity index (χ4n) is 4.64. The number of nitrogens with zero attached hydrogens (tertiary/aromatic N) is 2. The molecule has 2 aliphatic rings. The first-order chi connectivity index (χ1) is 16.8. The van der Waals surface area contributed by atoms with Gasteiger partial charge in [-0.15, -0.1) is 6.42 Å². The van der Waals surface area contributed by atoms with Crippen molar-refractivity contribution in [2.75, 3.05) is 44.5 Å². The zero-order chi connectivity index (χ0) is 24.9. The molecule has 3 aromatic rings. The van der Waals surface area contributed by atoms with Crippen LogP contribution in [-0.4, -0.2) is 46.6 Å². The van der Waals surface area contributed by atoms with Crippen molar-refractivity contribution < 1.29 is 19.1 Å². The monoisotopic (exact) mass is 467 g/mol. The molecule has 0 unspecified atom stereocenters. The number of esters is 1. The van der Waals surface area contributed by atoms with Gasteiger partial charge in [0.2, 0.25) is 0 Å². The number of nitrogens with one attached hydrogen (secondary N) is 1. The molecule has 0 aliphatic carbocycles. The van der Waals surface area contributed by atoms with Crippen molar-refractivity contribution in [1.29, 1.82) is 0 Å². The Kier molecular flexibility index (Phi) is 5.17. The average Bonchev–Trinajstić information content (AvgIpc) is 3.14. The molecule has 0 aromatic heterocycles. The second kappa shape index (κ2) is 8.10. The molecule has 35 heavy (non-hydrogen) atoms. The molecule has 0 saturated heterocycles. The zero-order valence-electron chi connectivity index (χ0n) is 20.0. The Bertz CT molecular complexity index is 1360. The summed E-state index contributed by atoms with van der Waals surface area (Å²) in [6.45, 7) is 0.102. The molecule has 7 nitrogen and oxygen atoms in total. The fourth-order valence-corrected chi connectivity index (χ4v) is 4.64. The molecule has 0 saturated carbocycles. The van der Waals surface area contributed by atoms with E-state index < -0.39 is 11.6 Å². The summed E-state index contributed by atoms with van der Waals surface area (Å²) in [5.41, 5.74) is 3.51. The maximum atomic E-state index is 13.3. The number of anilines is 2. The second-order valence-electron chi connectivity index (χ2n) is 8.97. The van der Waals surface area contributed by atoms with E-state index in [2.05, 4.69) is 11.2 Å². The summed E-state index contributed by atoms with van der Waals surface area (Å²) in [5.74, 6) is 2.74. The molecule has 0 bridgehead atoms. The summed E-state index contributed by atoms with van der Waals surface area (Å²) in [5, 5.41) is 2.63. The van der Waals surface area contributed by atoms with Gasteiger partial charge in [-0.3, -0.25) is 4.79 Å². The van der Waals surface area contributed by atoms with Crippen LogP contribution in [-0.2, 0) is 10.3 Å². The van der Waals surface area contributed by atoms with Gasteiger partial charge in [-0.1, -0.05) is 12.0 Å². The zero-order valence-corrected chi connectivity index (χ0v) is 20.0. The van der Waals surface area contributed by atoms with Gasteiger partial charge in [0.1, 0.15) is 11.5 Å². The van der Waals surface area contributed by atoms with E-state index >= 15 is 0 Å². The highest BCUT2D eigenvalue weighted by Gasteiger charge is 2.53. The summed E-state index contributed by atoms with van der Waals surface area (Å²) in [4.78, 5) is 29.7. The molecule has 7 heteroatoms. The van der Waals surface area contributed by atoms with Crippen LogP contribution < -0.4 is 19.9 Å². The predicted octanol–water partition coefficient (Wildman–Crippen LogP) is 3.75. The van der Waals surface area contributed by atoms with E-state index in [0.717, 1.165) is 22.5 Å². The fraction of sp³-hybridized carbons (Fsp3) is 0.214. The Balaban J connectivity index is 1.74. The number of carbonyl (C=O) groups is 2. The van der Waals surface area contributed by atoms with Crippen LogP contribution >= 0.6 is 0 Å². The first kappa shape index (κ1) is 22.4. The van der Waals surface area contributed by atoms with Crippen molar-refractivity contribution in [3.05, 3.63) is 82.4 Å². The third kappa shape index (κ3) is 3.38. The van der Waals surface area contributed by atoms with Crippen LogP contribution in [0.1, 0.15) is 37.4 Å². The molecule has 1 amide bonds. The smallest absolute Gasteiger partial charge is 0.340 e. The molecular formula is C28H25N3O4. The lowest BCUT2D eigenvalue weighted by atomic mass is 9.77. The van der Waals surface area contributed by atoms with E-state index in [0.29, 0.717) is 28.2 Å². The van der Waals surface area contributed by atoms with E-state index in [9.17, 15) is 9.59 Å². The lowest BCUT2D eigenvalue weighted by Gasteiger charge is -2.37. The van der Waals surface area contributed by atoms with Crippen LogP contribution in [0.4, 0.5) is 11.4 Å². The van der Waals surface area contributed by atoms with Gasteiger partial charge in [0.05, 0.1) is 12.1 Å². The predicted molar refractivity (Wildman–Crippen MR) is 135 cm³/mol. The quantitative estimate of drug-likeness (QED) is 0.466. The Hall–Kier alpha value is -4.44. The SMILES string of the molecule is C#CCNC(=O)c1ccc2c(c1)C(=O)OC21c2ccc(N(C)C)cc2Oc2cc(N(C)C)ccc21. The normalized spacial score (nSPS) is 14.1. The van der Waals surface area contributed by atoms with Crippen LogP contribution in [0.25, 0.3) is 0 Å². The minimum atomic E-state index is -1.20. The highest BCUT2D eigenvalue weighted by Crippen LogP contribution is 2.57. The van der Waals surface area contributed by atoms with Crippen molar-refractivity contribution in [2.45, 2.75) is 5.60 Å². The van der Waals surface area contributed by atoms with Gasteiger partial charge in [-0.25, -0.2) is 4.79 Å². The van der Waals surface area contributed by atoms with Crippen LogP contribution in [0.5, 0.6) is 11.5 Å². The van der Waals surface area contributed by atoms with Crippen LogP contribution in [0, 0.1) is 12.3 Å².